The Hall–Kier alpha value is -1.35. The maximum absolute atomic E-state index is 11.9. The van der Waals surface area contributed by atoms with Crippen LogP contribution in [0, 0.1) is 11.8 Å². The van der Waals surface area contributed by atoms with Crippen LogP contribution in [0.25, 0.3) is 0 Å². The Morgan fingerprint density at radius 3 is 2.24 bits per heavy atom. The monoisotopic (exact) mass is 289 g/mol. The van der Waals surface area contributed by atoms with E-state index in [0.717, 1.165) is 31.8 Å². The van der Waals surface area contributed by atoms with Crippen LogP contribution >= 0.6 is 0 Å². The van der Waals surface area contributed by atoms with Crippen LogP contribution in [0.15, 0.2) is 24.3 Å². The van der Waals surface area contributed by atoms with Crippen molar-refractivity contribution in [2.24, 2.45) is 11.8 Å². The van der Waals surface area contributed by atoms with Gasteiger partial charge in [-0.05, 0) is 30.0 Å². The number of nitrogens with zero attached hydrogens (tertiary/aromatic N) is 1. The third-order valence-electron chi connectivity index (χ3n) is 4.59. The molecule has 0 spiro atoms. The molecule has 1 heterocycles. The highest BCUT2D eigenvalue weighted by Crippen LogP contribution is 2.26. The minimum Gasteiger partial charge on any atom is -0.497 e. The summed E-state index contributed by atoms with van der Waals surface area (Å²) >= 11 is 0. The van der Waals surface area contributed by atoms with Gasteiger partial charge in [-0.1, -0.05) is 32.9 Å². The summed E-state index contributed by atoms with van der Waals surface area (Å²) in [4.78, 5) is 14.4. The molecular formula is C18H27NO2. The van der Waals surface area contributed by atoms with Crippen molar-refractivity contribution in [3.63, 3.8) is 0 Å². The molecule has 2 rings (SSSR count). The average Bonchev–Trinajstić information content (AvgIpc) is 2.50. The summed E-state index contributed by atoms with van der Waals surface area (Å²) in [5.41, 5.74) is 1.36. The second-order valence-electron chi connectivity index (χ2n) is 6.30. The van der Waals surface area contributed by atoms with Gasteiger partial charge in [-0.25, -0.2) is 0 Å². The molecule has 21 heavy (non-hydrogen) atoms. The van der Waals surface area contributed by atoms with Crippen molar-refractivity contribution in [3.05, 3.63) is 29.8 Å². The third kappa shape index (κ3) is 3.85. The Labute approximate surface area is 128 Å². The van der Waals surface area contributed by atoms with E-state index in [2.05, 4.69) is 37.8 Å². The van der Waals surface area contributed by atoms with Crippen LogP contribution in [0.2, 0.25) is 0 Å². The van der Waals surface area contributed by atoms with Crippen LogP contribution in [0.5, 0.6) is 5.75 Å². The SMILES string of the molecule is CCC(CN1CC(C)C(=O)C(C)C1)c1ccc(OC)cc1. The minimum absolute atomic E-state index is 0.169. The molecule has 0 amide bonds. The van der Waals surface area contributed by atoms with E-state index in [0.29, 0.717) is 11.7 Å². The smallest absolute Gasteiger partial charge is 0.141 e. The van der Waals surface area contributed by atoms with Gasteiger partial charge in [0.15, 0.2) is 0 Å². The highest BCUT2D eigenvalue weighted by atomic mass is 16.5. The number of carbonyl (C=O) groups excluding carboxylic acids is 1. The van der Waals surface area contributed by atoms with Crippen LogP contribution < -0.4 is 4.74 Å². The standard InChI is InChI=1S/C18H27NO2/c1-5-15(16-6-8-17(21-4)9-7-16)12-19-10-13(2)18(20)14(3)11-19/h6-9,13-15H,5,10-12H2,1-4H3. The van der Waals surface area contributed by atoms with E-state index in [-0.39, 0.29) is 11.8 Å². The molecule has 1 saturated heterocycles. The van der Waals surface area contributed by atoms with Crippen LogP contribution in [0.3, 0.4) is 0 Å². The van der Waals surface area contributed by atoms with Crippen molar-refractivity contribution in [2.45, 2.75) is 33.1 Å². The van der Waals surface area contributed by atoms with Gasteiger partial charge in [-0.2, -0.15) is 0 Å². The molecule has 1 aromatic carbocycles. The molecule has 1 aromatic rings. The van der Waals surface area contributed by atoms with Crippen LogP contribution in [-0.2, 0) is 4.79 Å². The maximum Gasteiger partial charge on any atom is 0.141 e. The molecule has 3 atom stereocenters. The van der Waals surface area contributed by atoms with Gasteiger partial charge in [-0.3, -0.25) is 4.79 Å². The van der Waals surface area contributed by atoms with E-state index in [1.165, 1.54) is 5.56 Å². The zero-order chi connectivity index (χ0) is 15.4. The fourth-order valence-corrected chi connectivity index (χ4v) is 3.32. The molecule has 1 aliphatic rings. The second kappa shape index (κ2) is 7.08. The van der Waals surface area contributed by atoms with Gasteiger partial charge in [0.25, 0.3) is 0 Å². The number of ketones is 1. The molecule has 0 radical (unpaired) electrons. The molecular weight excluding hydrogens is 262 g/mol. The van der Waals surface area contributed by atoms with Crippen molar-refractivity contribution >= 4 is 5.78 Å². The summed E-state index contributed by atoms with van der Waals surface area (Å²) in [7, 11) is 1.69. The Bertz CT molecular complexity index is 455. The predicted molar refractivity (Wildman–Crippen MR) is 85.8 cm³/mol. The number of likely N-dealkylation sites (tertiary alicyclic amines) is 1. The lowest BCUT2D eigenvalue weighted by Gasteiger charge is -2.36. The van der Waals surface area contributed by atoms with Gasteiger partial charge in [0.1, 0.15) is 11.5 Å². The first-order valence-electron chi connectivity index (χ1n) is 7.95. The van der Waals surface area contributed by atoms with E-state index in [4.69, 9.17) is 4.74 Å². The highest BCUT2D eigenvalue weighted by molar-refractivity contribution is 5.83. The van der Waals surface area contributed by atoms with E-state index in [1.807, 2.05) is 12.1 Å². The number of hydrogen-bond donors (Lipinski definition) is 0. The van der Waals surface area contributed by atoms with Gasteiger partial charge < -0.3 is 9.64 Å². The number of ether oxygens (including phenoxy) is 1. The molecule has 116 valence electrons. The molecule has 0 saturated carbocycles. The molecule has 0 aromatic heterocycles. The van der Waals surface area contributed by atoms with Gasteiger partial charge in [0, 0.05) is 31.5 Å². The molecule has 3 heteroatoms. The zero-order valence-electron chi connectivity index (χ0n) is 13.6. The lowest BCUT2D eigenvalue weighted by Crippen LogP contribution is -2.46. The van der Waals surface area contributed by atoms with Gasteiger partial charge in [-0.15, -0.1) is 0 Å². The first-order chi connectivity index (χ1) is 10.0. The number of benzene rings is 1. The van der Waals surface area contributed by atoms with Crippen molar-refractivity contribution < 1.29 is 9.53 Å². The Balaban J connectivity index is 2.03. The molecule has 3 nitrogen and oxygen atoms in total. The molecule has 0 aliphatic carbocycles. The van der Waals surface area contributed by atoms with Crippen molar-refractivity contribution in [2.75, 3.05) is 26.7 Å². The number of methoxy groups -OCH3 is 1. The first-order valence-corrected chi connectivity index (χ1v) is 7.95. The van der Waals surface area contributed by atoms with E-state index in [1.54, 1.807) is 7.11 Å². The quantitative estimate of drug-likeness (QED) is 0.832. The Morgan fingerprint density at radius 2 is 1.76 bits per heavy atom. The Morgan fingerprint density at radius 1 is 1.19 bits per heavy atom. The predicted octanol–water partition coefficient (Wildman–Crippen LogP) is 3.35. The molecule has 1 aliphatic heterocycles. The van der Waals surface area contributed by atoms with Gasteiger partial charge in [0.05, 0.1) is 7.11 Å². The van der Waals surface area contributed by atoms with Crippen LogP contribution in [0.1, 0.15) is 38.7 Å². The number of Topliss-reactive ketones (excluding diaryl/α,β-unsaturated/α-hetero) is 1. The molecule has 1 fully saturated rings. The Kier molecular flexibility index (Phi) is 5.40. The largest absolute Gasteiger partial charge is 0.497 e. The zero-order valence-corrected chi connectivity index (χ0v) is 13.6. The van der Waals surface area contributed by atoms with Crippen molar-refractivity contribution in [1.82, 2.24) is 4.90 Å². The lowest BCUT2D eigenvalue weighted by atomic mass is 9.88. The summed E-state index contributed by atoms with van der Waals surface area (Å²) in [6, 6.07) is 8.38. The lowest BCUT2D eigenvalue weighted by molar-refractivity contribution is -0.130. The fraction of sp³-hybridized carbons (Fsp3) is 0.611. The van der Waals surface area contributed by atoms with Gasteiger partial charge in [0.2, 0.25) is 0 Å². The highest BCUT2D eigenvalue weighted by Gasteiger charge is 2.30. The fourth-order valence-electron chi connectivity index (χ4n) is 3.32. The second-order valence-corrected chi connectivity index (χ2v) is 6.30. The third-order valence-corrected chi connectivity index (χ3v) is 4.59. The topological polar surface area (TPSA) is 29.5 Å². The number of hydrogen-bond acceptors (Lipinski definition) is 3. The maximum atomic E-state index is 11.9. The molecule has 0 bridgehead atoms. The molecule has 3 unspecified atom stereocenters. The van der Waals surface area contributed by atoms with Crippen molar-refractivity contribution in [3.8, 4) is 5.75 Å². The normalized spacial score (nSPS) is 24.9. The minimum atomic E-state index is 0.169. The van der Waals surface area contributed by atoms with Crippen LogP contribution in [0.4, 0.5) is 0 Å². The van der Waals surface area contributed by atoms with E-state index >= 15 is 0 Å². The van der Waals surface area contributed by atoms with Gasteiger partial charge >= 0.3 is 0 Å². The summed E-state index contributed by atoms with van der Waals surface area (Å²) in [5.74, 6) is 2.18. The average molecular weight is 289 g/mol. The van der Waals surface area contributed by atoms with E-state index in [9.17, 15) is 4.79 Å². The summed E-state index contributed by atoms with van der Waals surface area (Å²) in [6.07, 6.45) is 1.11. The number of carbonyl (C=O) groups is 1. The summed E-state index contributed by atoms with van der Waals surface area (Å²) in [5, 5.41) is 0. The number of piperidine rings is 1. The first kappa shape index (κ1) is 16.0. The molecule has 0 N–H and O–H groups in total. The summed E-state index contributed by atoms with van der Waals surface area (Å²) < 4.78 is 5.22. The number of rotatable bonds is 5. The van der Waals surface area contributed by atoms with E-state index < -0.39 is 0 Å². The van der Waals surface area contributed by atoms with Crippen molar-refractivity contribution in [1.29, 1.82) is 0 Å². The van der Waals surface area contributed by atoms with Crippen LogP contribution in [-0.4, -0.2) is 37.4 Å². The summed E-state index contributed by atoms with van der Waals surface area (Å²) in [6.45, 7) is 9.17.